The molecular weight excluding hydrogens is 399 g/mol. The Morgan fingerprint density at radius 1 is 1.37 bits per heavy atom. The van der Waals surface area contributed by atoms with Crippen molar-refractivity contribution in [3.05, 3.63) is 47.3 Å². The summed E-state index contributed by atoms with van der Waals surface area (Å²) in [5.74, 6) is -2.09. The number of hydrazine groups is 1. The number of nitrogens with zero attached hydrogens (tertiary/aromatic N) is 2. The number of benzene rings is 1. The van der Waals surface area contributed by atoms with Crippen molar-refractivity contribution >= 4 is 27.5 Å². The first kappa shape index (κ1) is 19.7. The number of amides is 1. The van der Waals surface area contributed by atoms with Crippen molar-refractivity contribution in [1.29, 1.82) is 0 Å². The number of rotatable bonds is 6. The molecule has 1 aromatic carbocycles. The Hall–Kier alpha value is -2.01. The van der Waals surface area contributed by atoms with E-state index in [1.54, 1.807) is 6.20 Å². The zero-order valence-corrected chi connectivity index (χ0v) is 15.8. The van der Waals surface area contributed by atoms with Crippen LogP contribution in [0.15, 0.2) is 30.9 Å². The van der Waals surface area contributed by atoms with E-state index >= 15 is 0 Å². The summed E-state index contributed by atoms with van der Waals surface area (Å²) in [5.41, 5.74) is 2.06. The first-order chi connectivity index (χ1) is 12.9. The quantitative estimate of drug-likeness (QED) is 0.697. The van der Waals surface area contributed by atoms with E-state index in [0.717, 1.165) is 0 Å². The van der Waals surface area contributed by atoms with Crippen molar-refractivity contribution in [3.8, 4) is 5.69 Å². The summed E-state index contributed by atoms with van der Waals surface area (Å²) in [6, 6.07) is 2.59. The molecule has 1 saturated heterocycles. The van der Waals surface area contributed by atoms with Crippen LogP contribution in [-0.2, 0) is 14.8 Å². The third-order valence-electron chi connectivity index (χ3n) is 4.18. The summed E-state index contributed by atoms with van der Waals surface area (Å²) in [6.45, 7) is 1.02. The third kappa shape index (κ3) is 5.04. The van der Waals surface area contributed by atoms with Crippen LogP contribution >= 0.6 is 11.6 Å². The molecule has 1 aliphatic rings. The van der Waals surface area contributed by atoms with Gasteiger partial charge in [-0.05, 0) is 30.9 Å². The van der Waals surface area contributed by atoms with Gasteiger partial charge >= 0.3 is 0 Å². The van der Waals surface area contributed by atoms with E-state index in [4.69, 9.17) is 16.3 Å². The molecule has 146 valence electrons. The minimum atomic E-state index is -3.77. The number of ether oxygens (including phenoxy) is 1. The Morgan fingerprint density at radius 3 is 2.78 bits per heavy atom. The molecule has 8 nitrogen and oxygen atoms in total. The van der Waals surface area contributed by atoms with Gasteiger partial charge in [0.25, 0.3) is 5.91 Å². The van der Waals surface area contributed by atoms with E-state index in [0.29, 0.717) is 31.7 Å². The molecule has 0 aliphatic carbocycles. The molecule has 0 radical (unpaired) electrons. The zero-order chi connectivity index (χ0) is 19.4. The minimum Gasteiger partial charge on any atom is -0.381 e. The second-order valence-corrected chi connectivity index (χ2v) is 8.33. The summed E-state index contributed by atoms with van der Waals surface area (Å²) >= 11 is 5.86. The van der Waals surface area contributed by atoms with E-state index in [2.05, 4.69) is 4.98 Å². The SMILES string of the molecule is O=C(NNS(=O)(=O)CC1CCOCC1)c1cc(-n2ccnc2)cc(Cl)c1F. The van der Waals surface area contributed by atoms with E-state index in [1.165, 1.54) is 29.2 Å². The number of aromatic nitrogens is 2. The lowest BCUT2D eigenvalue weighted by Crippen LogP contribution is -2.44. The van der Waals surface area contributed by atoms with Crippen LogP contribution in [0.3, 0.4) is 0 Å². The molecule has 0 unspecified atom stereocenters. The maximum atomic E-state index is 14.3. The summed E-state index contributed by atoms with van der Waals surface area (Å²) in [4.78, 5) is 18.2. The highest BCUT2D eigenvalue weighted by Gasteiger charge is 2.23. The number of carbonyl (C=O) groups excluding carboxylic acids is 1. The van der Waals surface area contributed by atoms with Crippen LogP contribution in [0.2, 0.25) is 5.02 Å². The highest BCUT2D eigenvalue weighted by molar-refractivity contribution is 7.89. The Morgan fingerprint density at radius 2 is 2.11 bits per heavy atom. The smallest absolute Gasteiger partial charge is 0.269 e. The topological polar surface area (TPSA) is 102 Å². The van der Waals surface area contributed by atoms with Crippen molar-refractivity contribution in [2.45, 2.75) is 12.8 Å². The van der Waals surface area contributed by atoms with Crippen LogP contribution < -0.4 is 10.3 Å². The Balaban J connectivity index is 1.70. The molecular formula is C16H18ClFN4O4S. The van der Waals surface area contributed by atoms with Crippen molar-refractivity contribution in [2.24, 2.45) is 5.92 Å². The number of imidazole rings is 1. The second-order valence-electron chi connectivity index (χ2n) is 6.15. The monoisotopic (exact) mass is 416 g/mol. The number of sulfonamides is 1. The molecule has 2 aromatic rings. The molecule has 11 heteroatoms. The van der Waals surface area contributed by atoms with Gasteiger partial charge in [0.2, 0.25) is 10.0 Å². The lowest BCUT2D eigenvalue weighted by Gasteiger charge is -2.21. The van der Waals surface area contributed by atoms with Crippen LogP contribution in [0.4, 0.5) is 4.39 Å². The van der Waals surface area contributed by atoms with Crippen LogP contribution in [-0.4, -0.2) is 42.8 Å². The summed E-state index contributed by atoms with van der Waals surface area (Å²) < 4.78 is 45.3. The van der Waals surface area contributed by atoms with Crippen molar-refractivity contribution in [3.63, 3.8) is 0 Å². The van der Waals surface area contributed by atoms with Gasteiger partial charge in [0.1, 0.15) is 0 Å². The lowest BCUT2D eigenvalue weighted by atomic mass is 10.0. The lowest BCUT2D eigenvalue weighted by molar-refractivity contribution is 0.0722. The van der Waals surface area contributed by atoms with Crippen molar-refractivity contribution < 1.29 is 22.3 Å². The van der Waals surface area contributed by atoms with Gasteiger partial charge in [-0.3, -0.25) is 10.2 Å². The molecule has 1 amide bonds. The summed E-state index contributed by atoms with van der Waals surface area (Å²) in [6.07, 6.45) is 5.84. The maximum Gasteiger partial charge on any atom is 0.269 e. The highest BCUT2D eigenvalue weighted by atomic mass is 35.5. The van der Waals surface area contributed by atoms with Crippen LogP contribution in [0.5, 0.6) is 0 Å². The Labute approximate surface area is 160 Å². The van der Waals surface area contributed by atoms with Gasteiger partial charge in [-0.2, -0.15) is 0 Å². The first-order valence-corrected chi connectivity index (χ1v) is 10.2. The minimum absolute atomic E-state index is 0.0519. The Kier molecular flexibility index (Phi) is 6.10. The van der Waals surface area contributed by atoms with Gasteiger partial charge in [0, 0.05) is 31.3 Å². The molecule has 0 atom stereocenters. The van der Waals surface area contributed by atoms with Crippen molar-refractivity contribution in [2.75, 3.05) is 19.0 Å². The molecule has 2 N–H and O–H groups in total. The second kappa shape index (κ2) is 8.34. The van der Waals surface area contributed by atoms with Gasteiger partial charge in [-0.1, -0.05) is 11.6 Å². The number of carbonyl (C=O) groups is 1. The van der Waals surface area contributed by atoms with Crippen molar-refractivity contribution in [1.82, 2.24) is 19.8 Å². The molecule has 0 saturated carbocycles. The van der Waals surface area contributed by atoms with Gasteiger partial charge in [0.05, 0.1) is 22.7 Å². The molecule has 2 heterocycles. The average molecular weight is 417 g/mol. The van der Waals surface area contributed by atoms with Gasteiger partial charge in [0.15, 0.2) is 5.82 Å². The fourth-order valence-electron chi connectivity index (χ4n) is 2.76. The standard InChI is InChI=1S/C16H18ClFN4O4S/c17-14-8-12(22-4-3-19-10-22)7-13(15(14)18)16(23)20-21-27(24,25)9-11-1-5-26-6-2-11/h3-4,7-8,10-11,21H,1-2,5-6,9H2,(H,20,23). The van der Waals surface area contributed by atoms with E-state index in [9.17, 15) is 17.6 Å². The molecule has 3 rings (SSSR count). The molecule has 1 aliphatic heterocycles. The maximum absolute atomic E-state index is 14.3. The fourth-order valence-corrected chi connectivity index (χ4v) is 4.26. The third-order valence-corrected chi connectivity index (χ3v) is 5.77. The normalized spacial score (nSPS) is 15.6. The predicted molar refractivity (Wildman–Crippen MR) is 96.5 cm³/mol. The van der Waals surface area contributed by atoms with E-state index < -0.39 is 21.7 Å². The van der Waals surface area contributed by atoms with E-state index in [-0.39, 0.29) is 22.3 Å². The average Bonchev–Trinajstić information content (AvgIpc) is 3.17. The van der Waals surface area contributed by atoms with Gasteiger partial charge in [-0.25, -0.2) is 17.8 Å². The van der Waals surface area contributed by atoms with Gasteiger partial charge in [-0.15, -0.1) is 4.83 Å². The number of nitrogens with one attached hydrogen (secondary N) is 2. The molecule has 27 heavy (non-hydrogen) atoms. The molecule has 0 bridgehead atoms. The van der Waals surface area contributed by atoms with Crippen LogP contribution in [0.25, 0.3) is 5.69 Å². The van der Waals surface area contributed by atoms with E-state index in [1.807, 2.05) is 10.3 Å². The largest absolute Gasteiger partial charge is 0.381 e. The Bertz CT molecular complexity index is 915. The number of halogens is 2. The summed E-state index contributed by atoms with van der Waals surface area (Å²) in [5, 5.41) is -0.267. The van der Waals surface area contributed by atoms with Crippen LogP contribution in [0.1, 0.15) is 23.2 Å². The fraction of sp³-hybridized carbons (Fsp3) is 0.375. The predicted octanol–water partition coefficient (Wildman–Crippen LogP) is 1.66. The molecule has 1 aromatic heterocycles. The first-order valence-electron chi connectivity index (χ1n) is 8.20. The highest BCUT2D eigenvalue weighted by Crippen LogP contribution is 2.23. The van der Waals surface area contributed by atoms with Gasteiger partial charge < -0.3 is 9.30 Å². The number of hydrogen-bond acceptors (Lipinski definition) is 5. The molecule has 1 fully saturated rings. The van der Waals surface area contributed by atoms with Crippen LogP contribution in [0, 0.1) is 11.7 Å². The molecule has 0 spiro atoms. The summed E-state index contributed by atoms with van der Waals surface area (Å²) in [7, 11) is -3.77. The number of hydrogen-bond donors (Lipinski definition) is 2. The zero-order valence-electron chi connectivity index (χ0n) is 14.2.